The summed E-state index contributed by atoms with van der Waals surface area (Å²) < 4.78 is 13.0. The Labute approximate surface area is 92.5 Å². The molecule has 0 radical (unpaired) electrons. The summed E-state index contributed by atoms with van der Waals surface area (Å²) >= 11 is 0. The summed E-state index contributed by atoms with van der Waals surface area (Å²) in [6.45, 7) is 8.92. The molecule has 0 bridgehead atoms. The average molecular weight is 208 g/mol. The molecule has 1 aromatic carbocycles. The van der Waals surface area contributed by atoms with Gasteiger partial charge in [0.25, 0.3) is 0 Å². The van der Waals surface area contributed by atoms with E-state index in [9.17, 15) is 4.39 Å². The average Bonchev–Trinajstić information content (AvgIpc) is 2.17. The highest BCUT2D eigenvalue weighted by Crippen LogP contribution is 2.27. The van der Waals surface area contributed by atoms with Gasteiger partial charge in [0.15, 0.2) is 0 Å². The highest BCUT2D eigenvalue weighted by molar-refractivity contribution is 5.20. The smallest absolute Gasteiger partial charge is 0.123 e. The minimum atomic E-state index is -0.128. The maximum absolute atomic E-state index is 13.0. The van der Waals surface area contributed by atoms with Crippen molar-refractivity contribution in [1.29, 1.82) is 0 Å². The van der Waals surface area contributed by atoms with Crippen LogP contribution in [0.15, 0.2) is 24.3 Å². The number of rotatable bonds is 4. The standard InChI is InChI=1S/C14H21F/c1-10(2)11(3)8-12(4)13-6-5-7-14(15)9-13/h5-7,9-12H,8H2,1-4H3/t11?,12-/m0/s1. The lowest BCUT2D eigenvalue weighted by molar-refractivity contribution is 0.368. The highest BCUT2D eigenvalue weighted by atomic mass is 19.1. The van der Waals surface area contributed by atoms with Gasteiger partial charge in [-0.1, -0.05) is 39.8 Å². The molecule has 0 saturated carbocycles. The van der Waals surface area contributed by atoms with Crippen molar-refractivity contribution >= 4 is 0 Å². The van der Waals surface area contributed by atoms with Crippen LogP contribution >= 0.6 is 0 Å². The molecule has 0 heterocycles. The Balaban J connectivity index is 2.64. The van der Waals surface area contributed by atoms with E-state index in [1.807, 2.05) is 6.07 Å². The van der Waals surface area contributed by atoms with Crippen molar-refractivity contribution < 1.29 is 4.39 Å². The zero-order valence-electron chi connectivity index (χ0n) is 10.1. The summed E-state index contributed by atoms with van der Waals surface area (Å²) in [4.78, 5) is 0. The molecule has 0 aliphatic heterocycles. The van der Waals surface area contributed by atoms with Gasteiger partial charge in [0.05, 0.1) is 0 Å². The summed E-state index contributed by atoms with van der Waals surface area (Å²) in [6.07, 6.45) is 1.13. The number of hydrogen-bond donors (Lipinski definition) is 0. The molecular formula is C14H21F. The Morgan fingerprint density at radius 1 is 1.13 bits per heavy atom. The summed E-state index contributed by atoms with van der Waals surface area (Å²) in [7, 11) is 0. The van der Waals surface area contributed by atoms with Crippen LogP contribution in [0.3, 0.4) is 0 Å². The molecule has 0 fully saturated rings. The van der Waals surface area contributed by atoms with Crippen LogP contribution in [0.4, 0.5) is 4.39 Å². The van der Waals surface area contributed by atoms with Gasteiger partial charge in [0.2, 0.25) is 0 Å². The van der Waals surface area contributed by atoms with Gasteiger partial charge in [-0.2, -0.15) is 0 Å². The first-order valence-electron chi connectivity index (χ1n) is 5.76. The van der Waals surface area contributed by atoms with Gasteiger partial charge in [-0.15, -0.1) is 0 Å². The van der Waals surface area contributed by atoms with E-state index >= 15 is 0 Å². The fourth-order valence-corrected chi connectivity index (χ4v) is 1.78. The summed E-state index contributed by atoms with van der Waals surface area (Å²) in [5.74, 6) is 1.69. The van der Waals surface area contributed by atoms with Crippen molar-refractivity contribution in [2.45, 2.75) is 40.0 Å². The molecule has 15 heavy (non-hydrogen) atoms. The molecule has 84 valence electrons. The predicted octanol–water partition coefficient (Wildman–Crippen LogP) is 4.61. The van der Waals surface area contributed by atoms with E-state index in [0.717, 1.165) is 12.0 Å². The Hall–Kier alpha value is -0.850. The SMILES string of the molecule is CC(C)C(C)C[C@H](C)c1cccc(F)c1. The van der Waals surface area contributed by atoms with Crippen LogP contribution in [0.2, 0.25) is 0 Å². The molecule has 0 nitrogen and oxygen atoms in total. The largest absolute Gasteiger partial charge is 0.207 e. The second-order valence-electron chi connectivity index (χ2n) is 4.91. The normalized spacial score (nSPS) is 15.3. The van der Waals surface area contributed by atoms with Crippen molar-refractivity contribution in [3.8, 4) is 0 Å². The van der Waals surface area contributed by atoms with Crippen molar-refractivity contribution in [3.05, 3.63) is 35.6 Å². The van der Waals surface area contributed by atoms with Crippen LogP contribution in [0, 0.1) is 17.7 Å². The van der Waals surface area contributed by atoms with Crippen LogP contribution < -0.4 is 0 Å². The lowest BCUT2D eigenvalue weighted by atomic mass is 9.85. The molecule has 1 heteroatoms. The third-order valence-electron chi connectivity index (χ3n) is 3.28. The van der Waals surface area contributed by atoms with Gasteiger partial charge < -0.3 is 0 Å². The van der Waals surface area contributed by atoms with Crippen LogP contribution in [0.1, 0.15) is 45.6 Å². The second-order valence-corrected chi connectivity index (χ2v) is 4.91. The van der Waals surface area contributed by atoms with E-state index in [4.69, 9.17) is 0 Å². The fourth-order valence-electron chi connectivity index (χ4n) is 1.78. The topological polar surface area (TPSA) is 0 Å². The van der Waals surface area contributed by atoms with E-state index in [2.05, 4.69) is 27.7 Å². The zero-order chi connectivity index (χ0) is 11.4. The zero-order valence-corrected chi connectivity index (χ0v) is 10.1. The van der Waals surface area contributed by atoms with Crippen molar-refractivity contribution in [2.24, 2.45) is 11.8 Å². The first-order chi connectivity index (χ1) is 7.00. The lowest BCUT2D eigenvalue weighted by Crippen LogP contribution is -2.08. The van der Waals surface area contributed by atoms with E-state index < -0.39 is 0 Å². The highest BCUT2D eigenvalue weighted by Gasteiger charge is 2.13. The second kappa shape index (κ2) is 5.29. The molecule has 0 aliphatic carbocycles. The maximum Gasteiger partial charge on any atom is 0.123 e. The van der Waals surface area contributed by atoms with Gasteiger partial charge in [0, 0.05) is 0 Å². The van der Waals surface area contributed by atoms with Gasteiger partial charge in [-0.05, 0) is 41.9 Å². The Bertz CT molecular complexity index is 304. The number of hydrogen-bond acceptors (Lipinski definition) is 0. The molecule has 2 atom stereocenters. The quantitative estimate of drug-likeness (QED) is 0.677. The third-order valence-corrected chi connectivity index (χ3v) is 3.28. The van der Waals surface area contributed by atoms with E-state index in [-0.39, 0.29) is 5.82 Å². The summed E-state index contributed by atoms with van der Waals surface area (Å²) in [6, 6.07) is 6.96. The Kier molecular flexibility index (Phi) is 4.31. The van der Waals surface area contributed by atoms with E-state index in [1.54, 1.807) is 12.1 Å². The van der Waals surface area contributed by atoms with Crippen molar-refractivity contribution in [2.75, 3.05) is 0 Å². The van der Waals surface area contributed by atoms with Gasteiger partial charge >= 0.3 is 0 Å². The van der Waals surface area contributed by atoms with Gasteiger partial charge in [-0.25, -0.2) is 4.39 Å². The first-order valence-corrected chi connectivity index (χ1v) is 5.76. The molecule has 0 aromatic heterocycles. The third kappa shape index (κ3) is 3.65. The monoisotopic (exact) mass is 208 g/mol. The molecule has 1 aromatic rings. The van der Waals surface area contributed by atoms with Gasteiger partial charge in [-0.3, -0.25) is 0 Å². The lowest BCUT2D eigenvalue weighted by Gasteiger charge is -2.20. The van der Waals surface area contributed by atoms with Crippen LogP contribution in [-0.2, 0) is 0 Å². The van der Waals surface area contributed by atoms with E-state index in [0.29, 0.717) is 17.8 Å². The molecule has 0 spiro atoms. The Morgan fingerprint density at radius 3 is 2.33 bits per heavy atom. The first kappa shape index (κ1) is 12.2. The summed E-state index contributed by atoms with van der Waals surface area (Å²) in [5.41, 5.74) is 1.11. The van der Waals surface area contributed by atoms with Crippen LogP contribution in [-0.4, -0.2) is 0 Å². The van der Waals surface area contributed by atoms with E-state index in [1.165, 1.54) is 6.07 Å². The fraction of sp³-hybridized carbons (Fsp3) is 0.571. The summed E-state index contributed by atoms with van der Waals surface area (Å²) in [5, 5.41) is 0. The molecule has 1 unspecified atom stereocenters. The van der Waals surface area contributed by atoms with Crippen LogP contribution in [0.25, 0.3) is 0 Å². The minimum Gasteiger partial charge on any atom is -0.207 e. The van der Waals surface area contributed by atoms with Gasteiger partial charge in [0.1, 0.15) is 5.82 Å². The molecule has 0 amide bonds. The molecule has 0 aliphatic rings. The van der Waals surface area contributed by atoms with Crippen molar-refractivity contribution in [1.82, 2.24) is 0 Å². The molecule has 1 rings (SSSR count). The number of benzene rings is 1. The Morgan fingerprint density at radius 2 is 1.80 bits per heavy atom. The minimum absolute atomic E-state index is 0.128. The predicted molar refractivity (Wildman–Crippen MR) is 63.4 cm³/mol. The molecule has 0 saturated heterocycles. The van der Waals surface area contributed by atoms with Crippen LogP contribution in [0.5, 0.6) is 0 Å². The molecular weight excluding hydrogens is 187 g/mol. The maximum atomic E-state index is 13.0. The van der Waals surface area contributed by atoms with Crippen molar-refractivity contribution in [3.63, 3.8) is 0 Å². The number of halogens is 1. The molecule has 0 N–H and O–H groups in total.